The van der Waals surface area contributed by atoms with E-state index in [2.05, 4.69) is 4.90 Å². The van der Waals surface area contributed by atoms with Crippen molar-refractivity contribution in [1.82, 2.24) is 9.80 Å². The van der Waals surface area contributed by atoms with Crippen molar-refractivity contribution < 1.29 is 17.9 Å². The molecule has 0 unspecified atom stereocenters. The molecule has 8 heteroatoms. The minimum Gasteiger partial charge on any atom is -0.497 e. The topological polar surface area (TPSA) is 66.9 Å². The summed E-state index contributed by atoms with van der Waals surface area (Å²) < 4.78 is 28.8. The lowest BCUT2D eigenvalue weighted by molar-refractivity contribution is 0.0761. The van der Waals surface area contributed by atoms with Gasteiger partial charge < -0.3 is 9.64 Å². The Bertz CT molecular complexity index is 977. The molecule has 1 saturated heterocycles. The summed E-state index contributed by atoms with van der Waals surface area (Å²) in [5.41, 5.74) is 1.42. The van der Waals surface area contributed by atoms with E-state index in [9.17, 15) is 13.2 Å². The molecule has 0 saturated carbocycles. The fourth-order valence-corrected chi connectivity index (χ4v) is 4.24. The van der Waals surface area contributed by atoms with Crippen molar-refractivity contribution >= 4 is 27.3 Å². The van der Waals surface area contributed by atoms with E-state index in [0.717, 1.165) is 38.1 Å². The van der Waals surface area contributed by atoms with E-state index >= 15 is 0 Å². The van der Waals surface area contributed by atoms with Gasteiger partial charge >= 0.3 is 0 Å². The van der Waals surface area contributed by atoms with Gasteiger partial charge in [-0.25, -0.2) is 8.42 Å². The molecule has 0 radical (unpaired) electrons. The SMILES string of the molecule is COc1ccc(CN2CCCN(C(=O)c3cc(S(C)(=O)=O)ccc3Cl)CC2)cc1. The van der Waals surface area contributed by atoms with Gasteiger partial charge in [0.1, 0.15) is 5.75 Å². The Labute approximate surface area is 176 Å². The van der Waals surface area contributed by atoms with Gasteiger partial charge in [0.05, 0.1) is 22.6 Å². The van der Waals surface area contributed by atoms with Crippen molar-refractivity contribution in [3.63, 3.8) is 0 Å². The maximum atomic E-state index is 13.0. The van der Waals surface area contributed by atoms with Gasteiger partial charge in [0, 0.05) is 39.0 Å². The second-order valence-electron chi connectivity index (χ2n) is 7.18. The Morgan fingerprint density at radius 1 is 1.07 bits per heavy atom. The van der Waals surface area contributed by atoms with Crippen LogP contribution in [0, 0.1) is 0 Å². The number of sulfone groups is 1. The minimum atomic E-state index is -3.41. The highest BCUT2D eigenvalue weighted by Crippen LogP contribution is 2.23. The first-order valence-electron chi connectivity index (χ1n) is 9.42. The highest BCUT2D eigenvalue weighted by molar-refractivity contribution is 7.90. The Hall–Kier alpha value is -2.09. The van der Waals surface area contributed by atoms with E-state index in [-0.39, 0.29) is 21.4 Å². The molecule has 0 bridgehead atoms. The molecule has 0 spiro atoms. The molecular weight excluding hydrogens is 412 g/mol. The molecule has 0 N–H and O–H groups in total. The molecule has 6 nitrogen and oxygen atoms in total. The zero-order chi connectivity index (χ0) is 21.0. The van der Waals surface area contributed by atoms with Gasteiger partial charge in [-0.15, -0.1) is 0 Å². The van der Waals surface area contributed by atoms with E-state index in [4.69, 9.17) is 16.3 Å². The number of benzene rings is 2. The van der Waals surface area contributed by atoms with Crippen molar-refractivity contribution in [1.29, 1.82) is 0 Å². The number of hydrogen-bond donors (Lipinski definition) is 0. The van der Waals surface area contributed by atoms with E-state index in [1.165, 1.54) is 23.8 Å². The molecule has 1 amide bonds. The molecule has 1 fully saturated rings. The Morgan fingerprint density at radius 3 is 2.45 bits per heavy atom. The summed E-state index contributed by atoms with van der Waals surface area (Å²) in [5.74, 6) is 0.599. The lowest BCUT2D eigenvalue weighted by Crippen LogP contribution is -2.35. The molecule has 1 heterocycles. The third kappa shape index (κ3) is 5.50. The first-order chi connectivity index (χ1) is 13.8. The number of rotatable bonds is 5. The number of ether oxygens (including phenoxy) is 1. The monoisotopic (exact) mass is 436 g/mol. The van der Waals surface area contributed by atoms with Gasteiger partial charge in [-0.3, -0.25) is 9.69 Å². The predicted octanol–water partition coefficient (Wildman–Crippen LogP) is 3.10. The maximum Gasteiger partial charge on any atom is 0.255 e. The van der Waals surface area contributed by atoms with Gasteiger partial charge in [0.2, 0.25) is 0 Å². The molecule has 0 atom stereocenters. The molecule has 0 aliphatic carbocycles. The lowest BCUT2D eigenvalue weighted by atomic mass is 10.2. The largest absolute Gasteiger partial charge is 0.497 e. The average Bonchev–Trinajstić information content (AvgIpc) is 2.93. The Morgan fingerprint density at radius 2 is 1.79 bits per heavy atom. The third-order valence-corrected chi connectivity index (χ3v) is 6.48. The Kier molecular flexibility index (Phi) is 6.82. The molecule has 0 aromatic heterocycles. The van der Waals surface area contributed by atoms with Crippen LogP contribution in [-0.4, -0.2) is 63.7 Å². The molecule has 3 rings (SSSR count). The second kappa shape index (κ2) is 9.15. The van der Waals surface area contributed by atoms with Crippen LogP contribution in [0.15, 0.2) is 47.4 Å². The summed E-state index contributed by atoms with van der Waals surface area (Å²) in [6.07, 6.45) is 1.96. The normalized spacial score (nSPS) is 15.8. The van der Waals surface area contributed by atoms with Gasteiger partial charge in [-0.2, -0.15) is 0 Å². The van der Waals surface area contributed by atoms with Crippen LogP contribution >= 0.6 is 11.6 Å². The van der Waals surface area contributed by atoms with E-state index in [1.807, 2.05) is 24.3 Å². The van der Waals surface area contributed by atoms with Crippen LogP contribution in [0.2, 0.25) is 5.02 Å². The molecule has 1 aliphatic heterocycles. The van der Waals surface area contributed by atoms with Gasteiger partial charge in [0.15, 0.2) is 9.84 Å². The quantitative estimate of drug-likeness (QED) is 0.720. The van der Waals surface area contributed by atoms with Crippen LogP contribution in [0.25, 0.3) is 0 Å². The average molecular weight is 437 g/mol. The number of halogens is 1. The number of nitrogens with zero attached hydrogens (tertiary/aromatic N) is 2. The molecule has 29 heavy (non-hydrogen) atoms. The fraction of sp³-hybridized carbons (Fsp3) is 0.381. The summed E-state index contributed by atoms with van der Waals surface area (Å²) in [4.78, 5) is 17.2. The summed E-state index contributed by atoms with van der Waals surface area (Å²) in [6.45, 7) is 3.59. The Balaban J connectivity index is 1.68. The molecular formula is C21H25ClN2O4S. The fourth-order valence-electron chi connectivity index (χ4n) is 3.39. The smallest absolute Gasteiger partial charge is 0.255 e. The van der Waals surface area contributed by atoms with Crippen LogP contribution in [0.3, 0.4) is 0 Å². The van der Waals surface area contributed by atoms with Crippen molar-refractivity contribution in [2.75, 3.05) is 39.5 Å². The van der Waals surface area contributed by atoms with Crippen LogP contribution in [0.5, 0.6) is 5.75 Å². The molecule has 2 aromatic carbocycles. The van der Waals surface area contributed by atoms with Crippen molar-refractivity contribution in [3.8, 4) is 5.75 Å². The van der Waals surface area contributed by atoms with Crippen molar-refractivity contribution in [2.24, 2.45) is 0 Å². The van der Waals surface area contributed by atoms with Gasteiger partial charge in [0.25, 0.3) is 5.91 Å². The molecule has 2 aromatic rings. The predicted molar refractivity (Wildman–Crippen MR) is 113 cm³/mol. The van der Waals surface area contributed by atoms with Crippen LogP contribution < -0.4 is 4.74 Å². The first-order valence-corrected chi connectivity index (χ1v) is 11.7. The summed E-state index contributed by atoms with van der Waals surface area (Å²) >= 11 is 6.20. The summed E-state index contributed by atoms with van der Waals surface area (Å²) in [6, 6.07) is 12.2. The van der Waals surface area contributed by atoms with Crippen LogP contribution in [0.4, 0.5) is 0 Å². The number of hydrogen-bond acceptors (Lipinski definition) is 5. The van der Waals surface area contributed by atoms with Gasteiger partial charge in [-0.1, -0.05) is 23.7 Å². The van der Waals surface area contributed by atoms with Crippen molar-refractivity contribution in [3.05, 3.63) is 58.6 Å². The number of carbonyl (C=O) groups excluding carboxylic acids is 1. The number of methoxy groups -OCH3 is 1. The number of carbonyl (C=O) groups is 1. The zero-order valence-corrected chi connectivity index (χ0v) is 18.2. The second-order valence-corrected chi connectivity index (χ2v) is 9.61. The zero-order valence-electron chi connectivity index (χ0n) is 16.6. The van der Waals surface area contributed by atoms with Crippen LogP contribution in [0.1, 0.15) is 22.3 Å². The first kappa shape index (κ1) is 21.6. The van der Waals surface area contributed by atoms with Gasteiger partial charge in [-0.05, 0) is 42.3 Å². The van der Waals surface area contributed by atoms with E-state index in [1.54, 1.807) is 12.0 Å². The molecule has 156 valence electrons. The lowest BCUT2D eigenvalue weighted by Gasteiger charge is -2.22. The number of amides is 1. The van der Waals surface area contributed by atoms with E-state index in [0.29, 0.717) is 13.1 Å². The highest BCUT2D eigenvalue weighted by atomic mass is 35.5. The van der Waals surface area contributed by atoms with Crippen molar-refractivity contribution in [2.45, 2.75) is 17.9 Å². The van der Waals surface area contributed by atoms with Crippen LogP contribution in [-0.2, 0) is 16.4 Å². The standard InChI is InChI=1S/C21H25ClN2O4S/c1-28-17-6-4-16(5-7-17)15-23-10-3-11-24(13-12-23)21(25)19-14-18(29(2,26)27)8-9-20(19)22/h4-9,14H,3,10-13,15H2,1-2H3. The van der Waals surface area contributed by atoms with E-state index < -0.39 is 9.84 Å². The highest BCUT2D eigenvalue weighted by Gasteiger charge is 2.23. The third-order valence-electron chi connectivity index (χ3n) is 5.04. The summed E-state index contributed by atoms with van der Waals surface area (Å²) in [7, 11) is -1.76. The maximum absolute atomic E-state index is 13.0. The summed E-state index contributed by atoms with van der Waals surface area (Å²) in [5, 5.41) is 0.265. The minimum absolute atomic E-state index is 0.0983. The molecule has 1 aliphatic rings.